The average molecular weight is 538 g/mol. The largest absolute Gasteiger partial charge is 0.414 e. The average Bonchev–Trinajstić information content (AvgIpc) is 3.34. The van der Waals surface area contributed by atoms with Gasteiger partial charge >= 0.3 is 0 Å². The van der Waals surface area contributed by atoms with Crippen molar-refractivity contribution in [2.24, 2.45) is 0 Å². The van der Waals surface area contributed by atoms with Gasteiger partial charge in [-0.25, -0.2) is 15.0 Å². The Bertz CT molecular complexity index is 1390. The Kier molecular flexibility index (Phi) is 7.13. The number of pyridine rings is 1. The molecule has 0 unspecified atom stereocenters. The Hall–Kier alpha value is -2.75. The van der Waals surface area contributed by atoms with Gasteiger partial charge in [0, 0.05) is 37.3 Å². The van der Waals surface area contributed by atoms with Crippen LogP contribution in [0, 0.1) is 0 Å². The van der Waals surface area contributed by atoms with Gasteiger partial charge in [0.1, 0.15) is 11.8 Å². The van der Waals surface area contributed by atoms with Gasteiger partial charge in [0.25, 0.3) is 0 Å². The van der Waals surface area contributed by atoms with Gasteiger partial charge in [-0.3, -0.25) is 4.98 Å². The summed E-state index contributed by atoms with van der Waals surface area (Å²) >= 11 is 6.74. The van der Waals surface area contributed by atoms with E-state index in [1.54, 1.807) is 12.7 Å². The van der Waals surface area contributed by atoms with E-state index in [9.17, 15) is 0 Å². The molecule has 0 aliphatic carbocycles. The summed E-state index contributed by atoms with van der Waals surface area (Å²) < 4.78 is 6.75. The number of H-pyrrole nitrogens is 1. The smallest absolute Gasteiger partial charge is 0.192 e. The number of nitrogens with zero attached hydrogens (tertiary/aromatic N) is 5. The summed E-state index contributed by atoms with van der Waals surface area (Å²) in [5.41, 5.74) is 4.79. The lowest BCUT2D eigenvalue weighted by molar-refractivity contribution is 0.152. The molecule has 1 aliphatic heterocycles. The van der Waals surface area contributed by atoms with Crippen LogP contribution in [0.5, 0.6) is 0 Å². The maximum Gasteiger partial charge on any atom is 0.192 e. The molecule has 4 aromatic rings. The number of rotatable bonds is 7. The fourth-order valence-electron chi connectivity index (χ4n) is 4.78. The van der Waals surface area contributed by atoms with Crippen LogP contribution < -0.4 is 10.2 Å². The molecular formula is C27H36ClN7OSi. The summed E-state index contributed by atoms with van der Waals surface area (Å²) in [6.45, 7) is 14.2. The van der Waals surface area contributed by atoms with Crippen molar-refractivity contribution in [3.8, 4) is 0 Å². The van der Waals surface area contributed by atoms with Crippen molar-refractivity contribution in [3.05, 3.63) is 47.6 Å². The molecule has 196 valence electrons. The van der Waals surface area contributed by atoms with E-state index < -0.39 is 8.32 Å². The molecule has 8 nitrogen and oxygen atoms in total. The van der Waals surface area contributed by atoms with E-state index in [2.05, 4.69) is 76.2 Å². The van der Waals surface area contributed by atoms with Crippen molar-refractivity contribution >= 4 is 53.5 Å². The molecule has 10 heteroatoms. The van der Waals surface area contributed by atoms with E-state index in [1.165, 1.54) is 11.3 Å². The predicted molar refractivity (Wildman–Crippen MR) is 154 cm³/mol. The van der Waals surface area contributed by atoms with Crippen molar-refractivity contribution in [3.63, 3.8) is 0 Å². The third-order valence-corrected chi connectivity index (χ3v) is 12.7. The Morgan fingerprint density at radius 1 is 1.14 bits per heavy atom. The zero-order valence-electron chi connectivity index (χ0n) is 22.3. The quantitative estimate of drug-likeness (QED) is 0.271. The van der Waals surface area contributed by atoms with Crippen LogP contribution in [-0.2, 0) is 10.8 Å². The van der Waals surface area contributed by atoms with Gasteiger partial charge in [0.05, 0.1) is 22.6 Å². The van der Waals surface area contributed by atoms with Crippen LogP contribution in [0.15, 0.2) is 37.1 Å². The molecule has 37 heavy (non-hydrogen) atoms. The number of piperidine rings is 1. The number of aromatic amines is 1. The number of hydrogen-bond donors (Lipinski definition) is 2. The Morgan fingerprint density at radius 3 is 2.68 bits per heavy atom. The zero-order valence-corrected chi connectivity index (χ0v) is 24.1. The maximum atomic E-state index is 6.75. The van der Waals surface area contributed by atoms with Gasteiger partial charge in [-0.2, -0.15) is 0 Å². The van der Waals surface area contributed by atoms with E-state index in [4.69, 9.17) is 21.0 Å². The SMILES string of the molecule is CC(C)(C)[Si](C)(C)OC1CCN(c2c(CCNc3ncnc4[nH]cnc34)cc(Cl)c3cccnc23)CC1. The first-order valence-corrected chi connectivity index (χ1v) is 16.3. The first-order valence-electron chi connectivity index (χ1n) is 13.0. The third kappa shape index (κ3) is 5.30. The molecule has 4 heterocycles. The molecule has 0 atom stereocenters. The molecule has 1 aliphatic rings. The Labute approximate surface area is 224 Å². The van der Waals surface area contributed by atoms with Crippen molar-refractivity contribution in [2.45, 2.75) is 64.3 Å². The molecule has 0 radical (unpaired) electrons. The Balaban J connectivity index is 1.36. The highest BCUT2D eigenvalue weighted by molar-refractivity contribution is 6.74. The molecule has 1 aromatic carbocycles. The molecule has 5 rings (SSSR count). The fourth-order valence-corrected chi connectivity index (χ4v) is 6.49. The molecule has 0 spiro atoms. The topological polar surface area (TPSA) is 91.8 Å². The lowest BCUT2D eigenvalue weighted by atomic mass is 10.0. The molecule has 1 saturated heterocycles. The van der Waals surface area contributed by atoms with Crippen LogP contribution in [-0.4, -0.2) is 59.0 Å². The molecule has 0 saturated carbocycles. The van der Waals surface area contributed by atoms with Crippen molar-refractivity contribution < 1.29 is 4.43 Å². The first-order chi connectivity index (χ1) is 17.6. The number of imidazole rings is 1. The summed E-state index contributed by atoms with van der Waals surface area (Å²) in [7, 11) is -1.79. The lowest BCUT2D eigenvalue weighted by Crippen LogP contribution is -2.47. The number of benzene rings is 1. The maximum absolute atomic E-state index is 6.75. The standard InChI is InChI=1S/C27H36ClN7OSi/c1-27(2,3)37(4,5)36-19-9-13-35(14-10-19)24-18(15-21(28)20-7-6-11-29-22(20)24)8-12-30-25-23-26(32-16-31-23)34-17-33-25/h6-7,11,15-17,19H,8-10,12-14H2,1-5H3,(H2,30,31,32,33,34). The minimum absolute atomic E-state index is 0.214. The second-order valence-corrected chi connectivity index (χ2v) is 16.5. The molecule has 2 N–H and O–H groups in total. The van der Waals surface area contributed by atoms with E-state index in [0.717, 1.165) is 65.3 Å². The van der Waals surface area contributed by atoms with Crippen molar-refractivity contribution in [2.75, 3.05) is 29.9 Å². The molecular weight excluding hydrogens is 502 g/mol. The van der Waals surface area contributed by atoms with E-state index in [0.29, 0.717) is 12.6 Å². The number of halogens is 1. The van der Waals surface area contributed by atoms with E-state index >= 15 is 0 Å². The van der Waals surface area contributed by atoms with Gasteiger partial charge in [0.2, 0.25) is 0 Å². The van der Waals surface area contributed by atoms with Crippen LogP contribution in [0.3, 0.4) is 0 Å². The van der Waals surface area contributed by atoms with Gasteiger partial charge in [-0.1, -0.05) is 32.4 Å². The van der Waals surface area contributed by atoms with Gasteiger partial charge in [-0.05, 0) is 61.2 Å². The van der Waals surface area contributed by atoms with E-state index in [-0.39, 0.29) is 5.04 Å². The normalized spacial score (nSPS) is 15.6. The van der Waals surface area contributed by atoms with Crippen LogP contribution in [0.25, 0.3) is 22.1 Å². The Morgan fingerprint density at radius 2 is 1.92 bits per heavy atom. The van der Waals surface area contributed by atoms with Gasteiger partial charge < -0.3 is 19.6 Å². The zero-order chi connectivity index (χ0) is 26.2. The van der Waals surface area contributed by atoms with Crippen LogP contribution in [0.2, 0.25) is 23.2 Å². The molecule has 1 fully saturated rings. The van der Waals surface area contributed by atoms with Gasteiger partial charge in [-0.15, -0.1) is 0 Å². The summed E-state index contributed by atoms with van der Waals surface area (Å²) in [5, 5.41) is 5.37. The van der Waals surface area contributed by atoms with Gasteiger partial charge in [0.15, 0.2) is 19.8 Å². The summed E-state index contributed by atoms with van der Waals surface area (Å²) in [6, 6.07) is 6.10. The third-order valence-electron chi connectivity index (χ3n) is 7.82. The van der Waals surface area contributed by atoms with Crippen LogP contribution >= 0.6 is 11.6 Å². The predicted octanol–water partition coefficient (Wildman–Crippen LogP) is 6.20. The summed E-state index contributed by atoms with van der Waals surface area (Å²) in [4.78, 5) is 23.2. The van der Waals surface area contributed by atoms with Crippen molar-refractivity contribution in [1.82, 2.24) is 24.9 Å². The highest BCUT2D eigenvalue weighted by Crippen LogP contribution is 2.40. The highest BCUT2D eigenvalue weighted by atomic mass is 35.5. The number of anilines is 2. The molecule has 0 amide bonds. The summed E-state index contributed by atoms with van der Waals surface area (Å²) in [6.07, 6.45) is 8.14. The second kappa shape index (κ2) is 10.2. The van der Waals surface area contributed by atoms with Crippen LogP contribution in [0.1, 0.15) is 39.2 Å². The lowest BCUT2D eigenvalue weighted by Gasteiger charge is -2.42. The first kappa shape index (κ1) is 25.9. The van der Waals surface area contributed by atoms with E-state index in [1.807, 2.05) is 12.3 Å². The number of fused-ring (bicyclic) bond motifs is 2. The minimum atomic E-state index is -1.79. The highest BCUT2D eigenvalue weighted by Gasteiger charge is 2.40. The fraction of sp³-hybridized carbons (Fsp3) is 0.481. The number of nitrogens with one attached hydrogen (secondary N) is 2. The second-order valence-electron chi connectivity index (χ2n) is 11.3. The van der Waals surface area contributed by atoms with Crippen molar-refractivity contribution in [1.29, 1.82) is 0 Å². The molecule has 0 bridgehead atoms. The number of hydrogen-bond acceptors (Lipinski definition) is 7. The monoisotopic (exact) mass is 537 g/mol. The summed E-state index contributed by atoms with van der Waals surface area (Å²) in [5.74, 6) is 0.724. The van der Waals surface area contributed by atoms with Crippen LogP contribution in [0.4, 0.5) is 11.5 Å². The molecule has 3 aromatic heterocycles. The number of aromatic nitrogens is 5. The minimum Gasteiger partial charge on any atom is -0.414 e.